The number of carboxylic acids is 2. The molecule has 4 aromatic rings. The van der Waals surface area contributed by atoms with Crippen LogP contribution in [0.3, 0.4) is 0 Å². The van der Waals surface area contributed by atoms with Gasteiger partial charge in [0.15, 0.2) is 0 Å². The fraction of sp³-hybridized carbons (Fsp3) is 0.517. The van der Waals surface area contributed by atoms with Gasteiger partial charge in [-0.05, 0) is 156 Å². The second-order valence-electron chi connectivity index (χ2n) is 20.7. The highest BCUT2D eigenvalue weighted by atomic mass is 19.4. The Bertz CT molecular complexity index is 2670. The minimum atomic E-state index is -4.51. The molecule has 0 saturated heterocycles. The third-order valence-electron chi connectivity index (χ3n) is 15.6. The van der Waals surface area contributed by atoms with Crippen molar-refractivity contribution in [1.29, 1.82) is 0 Å². The Labute approximate surface area is 429 Å². The Morgan fingerprint density at radius 1 is 0.595 bits per heavy atom. The summed E-state index contributed by atoms with van der Waals surface area (Å²) in [5, 5.41) is 34.3. The van der Waals surface area contributed by atoms with Crippen LogP contribution in [-0.4, -0.2) is 46.7 Å². The molecule has 2 saturated carbocycles. The standard InChI is InChI=1S/C58H68F6N4O6/c1-36(44-21-22-54(50-27-37(15-20-47(44)50)32-65-25-23-55(69)70)68-74-35-39-17-19-46(41-11-6-3-7-12-41)52(29-39)58(62,63)64)48-31-49-42(30-43(48)33-66-26-24-56(71)72)13-8-14-53(49)67-73-34-38-16-18-45(40-9-4-2-5-10-40)51(28-38)57(59,60)61/h15-20,27-31,36,40-41,44,65-66H,2-14,21-26,32-35H2,1H3,(H,69,70)(H,71,72)/b67-53+,68-54+. The van der Waals surface area contributed by atoms with E-state index in [0.717, 1.165) is 116 Å². The van der Waals surface area contributed by atoms with E-state index in [9.17, 15) is 46.1 Å². The van der Waals surface area contributed by atoms with Crippen molar-refractivity contribution >= 4 is 23.4 Å². The number of hydrogen-bond donors (Lipinski definition) is 4. The number of carboxylic acid groups (broad SMARTS) is 2. The van der Waals surface area contributed by atoms with Crippen molar-refractivity contribution in [2.24, 2.45) is 10.3 Å². The minimum absolute atomic E-state index is 0.0491. The number of oxime groups is 2. The monoisotopic (exact) mass is 1030 g/mol. The quantitative estimate of drug-likeness (QED) is 0.0390. The van der Waals surface area contributed by atoms with Crippen molar-refractivity contribution < 1.29 is 55.8 Å². The molecule has 0 heterocycles. The summed E-state index contributed by atoms with van der Waals surface area (Å²) in [4.78, 5) is 34.5. The lowest BCUT2D eigenvalue weighted by Crippen LogP contribution is -2.25. The third-order valence-corrected chi connectivity index (χ3v) is 15.6. The largest absolute Gasteiger partial charge is 0.481 e. The Hall–Kier alpha value is -5.74. The average molecular weight is 1030 g/mol. The number of aliphatic carboxylic acids is 2. The Morgan fingerprint density at radius 2 is 1.11 bits per heavy atom. The lowest BCUT2D eigenvalue weighted by molar-refractivity contribution is -0.139. The fourth-order valence-corrected chi connectivity index (χ4v) is 11.8. The first kappa shape index (κ1) is 54.5. The lowest BCUT2D eigenvalue weighted by atomic mass is 9.71. The van der Waals surface area contributed by atoms with E-state index >= 15 is 0 Å². The van der Waals surface area contributed by atoms with E-state index in [4.69, 9.17) is 9.68 Å². The molecule has 0 amide bonds. The highest BCUT2D eigenvalue weighted by Crippen LogP contribution is 2.46. The van der Waals surface area contributed by atoms with Crippen LogP contribution in [0.4, 0.5) is 26.3 Å². The average Bonchev–Trinajstić information content (AvgIpc) is 3.38. The van der Waals surface area contributed by atoms with Crippen molar-refractivity contribution in [3.8, 4) is 0 Å². The van der Waals surface area contributed by atoms with E-state index in [1.54, 1.807) is 24.3 Å². The van der Waals surface area contributed by atoms with Crippen molar-refractivity contribution in [2.45, 2.75) is 178 Å². The first-order valence-electron chi connectivity index (χ1n) is 26.5. The minimum Gasteiger partial charge on any atom is -0.481 e. The maximum atomic E-state index is 14.4. The lowest BCUT2D eigenvalue weighted by Gasteiger charge is -2.33. The van der Waals surface area contributed by atoms with E-state index in [0.29, 0.717) is 66.0 Å². The molecule has 74 heavy (non-hydrogen) atoms. The third kappa shape index (κ3) is 13.9. The number of halogens is 6. The van der Waals surface area contributed by atoms with Crippen LogP contribution in [0.1, 0.15) is 206 Å². The molecule has 2 atom stereocenters. The van der Waals surface area contributed by atoms with Gasteiger partial charge < -0.3 is 30.5 Å². The summed E-state index contributed by atoms with van der Waals surface area (Å²) in [6, 6.07) is 19.3. The maximum absolute atomic E-state index is 14.4. The molecule has 0 bridgehead atoms. The molecule has 8 rings (SSSR count). The second-order valence-corrected chi connectivity index (χ2v) is 20.7. The van der Waals surface area contributed by atoms with Gasteiger partial charge in [-0.25, -0.2) is 0 Å². The van der Waals surface area contributed by atoms with Crippen LogP contribution in [0.25, 0.3) is 0 Å². The van der Waals surface area contributed by atoms with Gasteiger partial charge in [0.2, 0.25) is 0 Å². The molecule has 4 aliphatic rings. The number of rotatable bonds is 20. The molecule has 0 radical (unpaired) electrons. The summed E-state index contributed by atoms with van der Waals surface area (Å²) in [5.41, 5.74) is 8.19. The zero-order chi connectivity index (χ0) is 52.4. The van der Waals surface area contributed by atoms with Gasteiger partial charge in [0.05, 0.1) is 35.4 Å². The van der Waals surface area contributed by atoms with Crippen LogP contribution in [0.2, 0.25) is 0 Å². The Balaban J connectivity index is 1.07. The SMILES string of the molecule is CC(c1cc2c(cc1CNCCC(=O)O)CCC/C2=N\OCc1ccc(C2CCCCC2)c(C(F)(F)F)c1)C1CC/C(=N\OCc2ccc(C3CCCCC3)c(C(F)(F)F)c2)c2cc(CNCCC(=O)O)ccc21. The van der Waals surface area contributed by atoms with E-state index in [2.05, 4.69) is 46.1 Å². The van der Waals surface area contributed by atoms with Crippen molar-refractivity contribution in [2.75, 3.05) is 13.1 Å². The van der Waals surface area contributed by atoms with Crippen LogP contribution < -0.4 is 10.6 Å². The second kappa shape index (κ2) is 24.7. The molecule has 0 aromatic heterocycles. The summed E-state index contributed by atoms with van der Waals surface area (Å²) < 4.78 is 86.6. The summed E-state index contributed by atoms with van der Waals surface area (Å²) in [6.45, 7) is 3.17. The smallest absolute Gasteiger partial charge is 0.416 e. The molecule has 10 nitrogen and oxygen atoms in total. The van der Waals surface area contributed by atoms with Gasteiger partial charge in [-0.3, -0.25) is 9.59 Å². The molecule has 4 aliphatic carbocycles. The van der Waals surface area contributed by atoms with Crippen molar-refractivity contribution in [1.82, 2.24) is 10.6 Å². The number of nitrogens with zero attached hydrogens (tertiary/aromatic N) is 2. The van der Waals surface area contributed by atoms with Crippen LogP contribution in [0.5, 0.6) is 0 Å². The molecule has 398 valence electrons. The van der Waals surface area contributed by atoms with Crippen LogP contribution in [-0.2, 0) is 64.3 Å². The van der Waals surface area contributed by atoms with Crippen molar-refractivity contribution in [3.63, 3.8) is 0 Å². The van der Waals surface area contributed by atoms with Crippen LogP contribution in [0, 0.1) is 0 Å². The molecular weight excluding hydrogens is 963 g/mol. The van der Waals surface area contributed by atoms with E-state index < -0.39 is 35.4 Å². The molecule has 16 heteroatoms. The van der Waals surface area contributed by atoms with Crippen LogP contribution in [0.15, 0.2) is 77.0 Å². The number of fused-ring (bicyclic) bond motifs is 2. The van der Waals surface area contributed by atoms with Gasteiger partial charge in [0.1, 0.15) is 13.2 Å². The zero-order valence-corrected chi connectivity index (χ0v) is 42.1. The maximum Gasteiger partial charge on any atom is 0.416 e. The number of aryl methyl sites for hydroxylation is 1. The molecule has 4 N–H and O–H groups in total. The summed E-state index contributed by atoms with van der Waals surface area (Å²) in [7, 11) is 0. The van der Waals surface area contributed by atoms with Gasteiger partial charge in [0, 0.05) is 37.3 Å². The zero-order valence-electron chi connectivity index (χ0n) is 42.1. The molecule has 4 aromatic carbocycles. The normalized spacial score (nSPS) is 19.3. The highest BCUT2D eigenvalue weighted by molar-refractivity contribution is 6.03. The summed E-state index contributed by atoms with van der Waals surface area (Å²) >= 11 is 0. The molecule has 0 spiro atoms. The molecule has 0 aliphatic heterocycles. The molecular formula is C58H68F6N4O6. The Kier molecular flexibility index (Phi) is 18.2. The van der Waals surface area contributed by atoms with Crippen LogP contribution >= 0.6 is 0 Å². The van der Waals surface area contributed by atoms with Gasteiger partial charge in [0.25, 0.3) is 0 Å². The summed E-state index contributed by atoms with van der Waals surface area (Å²) in [6.07, 6.45) is 2.87. The van der Waals surface area contributed by atoms with Gasteiger partial charge in [-0.1, -0.05) is 98.2 Å². The Morgan fingerprint density at radius 3 is 1.65 bits per heavy atom. The highest BCUT2D eigenvalue weighted by Gasteiger charge is 2.38. The van der Waals surface area contributed by atoms with Gasteiger partial charge in [-0.2, -0.15) is 26.3 Å². The number of carbonyl (C=O) groups is 2. The van der Waals surface area contributed by atoms with E-state index in [1.807, 2.05) is 12.1 Å². The number of nitrogens with one attached hydrogen (secondary N) is 2. The summed E-state index contributed by atoms with van der Waals surface area (Å²) in [5.74, 6) is -2.25. The molecule has 2 unspecified atom stereocenters. The number of benzene rings is 4. The predicted octanol–water partition coefficient (Wildman–Crippen LogP) is 13.8. The van der Waals surface area contributed by atoms with Gasteiger partial charge >= 0.3 is 24.3 Å². The molecule has 2 fully saturated rings. The first-order chi connectivity index (χ1) is 35.5. The van der Waals surface area contributed by atoms with Gasteiger partial charge in [-0.15, -0.1) is 0 Å². The fourth-order valence-electron chi connectivity index (χ4n) is 11.8. The topological polar surface area (TPSA) is 142 Å². The van der Waals surface area contributed by atoms with E-state index in [-0.39, 0.29) is 62.8 Å². The van der Waals surface area contributed by atoms with Crippen molar-refractivity contribution in [3.05, 3.63) is 139 Å². The number of hydrogen-bond acceptors (Lipinski definition) is 8. The first-order valence-corrected chi connectivity index (χ1v) is 26.5. The van der Waals surface area contributed by atoms with E-state index in [1.165, 1.54) is 12.1 Å². The number of alkyl halides is 6. The predicted molar refractivity (Wildman–Crippen MR) is 271 cm³/mol.